The average Bonchev–Trinajstić information content (AvgIpc) is 3.19. The number of nitrogens with one attached hydrogen (secondary N) is 2. The summed E-state index contributed by atoms with van der Waals surface area (Å²) in [6.07, 6.45) is 3.38. The summed E-state index contributed by atoms with van der Waals surface area (Å²) in [6, 6.07) is 6.76. The summed E-state index contributed by atoms with van der Waals surface area (Å²) in [5.41, 5.74) is 0.772. The number of nitro groups is 1. The van der Waals surface area contributed by atoms with E-state index < -0.39 is 4.92 Å². The van der Waals surface area contributed by atoms with Crippen molar-refractivity contribution in [3.05, 3.63) is 34.4 Å². The minimum absolute atomic E-state index is 0.0662. The second kappa shape index (κ2) is 6.17. The number of nitrogens with zero attached hydrogens (tertiary/aromatic N) is 1. The smallest absolute Gasteiger partial charge is 0.271 e. The molecule has 0 saturated heterocycles. The van der Waals surface area contributed by atoms with Crippen LogP contribution in [0.5, 0.6) is 0 Å². The van der Waals surface area contributed by atoms with Crippen LogP contribution in [-0.2, 0) is 4.79 Å². The van der Waals surface area contributed by atoms with E-state index in [0.29, 0.717) is 31.1 Å². The van der Waals surface area contributed by atoms with Gasteiger partial charge in [-0.05, 0) is 25.3 Å². The summed E-state index contributed by atoms with van der Waals surface area (Å²) in [4.78, 5) is 21.6. The molecule has 1 saturated carbocycles. The van der Waals surface area contributed by atoms with Crippen molar-refractivity contribution in [3.8, 4) is 0 Å². The molecule has 1 amide bonds. The number of amides is 1. The average molecular weight is 263 g/mol. The van der Waals surface area contributed by atoms with Crippen molar-refractivity contribution in [2.75, 3.05) is 11.9 Å². The first-order valence-electron chi connectivity index (χ1n) is 6.43. The molecule has 0 aromatic heterocycles. The number of non-ortho nitro benzene ring substituents is 1. The highest BCUT2D eigenvalue weighted by molar-refractivity contribution is 5.76. The summed E-state index contributed by atoms with van der Waals surface area (Å²) < 4.78 is 0. The molecule has 6 nitrogen and oxygen atoms in total. The van der Waals surface area contributed by atoms with Crippen LogP contribution in [0.1, 0.15) is 25.7 Å². The van der Waals surface area contributed by atoms with Crippen LogP contribution in [-0.4, -0.2) is 23.4 Å². The van der Waals surface area contributed by atoms with Gasteiger partial charge in [-0.25, -0.2) is 0 Å². The lowest BCUT2D eigenvalue weighted by molar-refractivity contribution is -0.384. The van der Waals surface area contributed by atoms with Gasteiger partial charge < -0.3 is 10.6 Å². The summed E-state index contributed by atoms with van der Waals surface area (Å²) >= 11 is 0. The van der Waals surface area contributed by atoms with Crippen LogP contribution in [0.25, 0.3) is 0 Å². The van der Waals surface area contributed by atoms with Gasteiger partial charge in [0.2, 0.25) is 5.91 Å². The molecule has 2 N–H and O–H groups in total. The van der Waals surface area contributed by atoms with Gasteiger partial charge in [-0.1, -0.05) is 6.07 Å². The maximum atomic E-state index is 11.4. The molecule has 1 aromatic rings. The maximum Gasteiger partial charge on any atom is 0.271 e. The predicted molar refractivity (Wildman–Crippen MR) is 72.0 cm³/mol. The Morgan fingerprint density at radius 1 is 1.42 bits per heavy atom. The van der Waals surface area contributed by atoms with Gasteiger partial charge >= 0.3 is 0 Å². The van der Waals surface area contributed by atoms with Crippen LogP contribution >= 0.6 is 0 Å². The SMILES string of the molecule is O=C(CCCNc1cccc([N+](=O)[O-])c1)NC1CC1. The van der Waals surface area contributed by atoms with Gasteiger partial charge in [0.05, 0.1) is 4.92 Å². The van der Waals surface area contributed by atoms with Crippen molar-refractivity contribution in [1.82, 2.24) is 5.32 Å². The Bertz CT molecular complexity index is 472. The van der Waals surface area contributed by atoms with Crippen molar-refractivity contribution in [2.45, 2.75) is 31.7 Å². The first kappa shape index (κ1) is 13.3. The fraction of sp³-hybridized carbons (Fsp3) is 0.462. The van der Waals surface area contributed by atoms with Crippen LogP contribution in [0.15, 0.2) is 24.3 Å². The Labute approximate surface area is 111 Å². The summed E-state index contributed by atoms with van der Waals surface area (Å²) in [7, 11) is 0. The molecule has 2 rings (SSSR count). The van der Waals surface area contributed by atoms with E-state index in [2.05, 4.69) is 10.6 Å². The number of hydrogen-bond acceptors (Lipinski definition) is 4. The topological polar surface area (TPSA) is 84.3 Å². The molecular weight excluding hydrogens is 246 g/mol. The lowest BCUT2D eigenvalue weighted by Crippen LogP contribution is -2.25. The molecule has 0 unspecified atom stereocenters. The molecule has 0 heterocycles. The molecule has 6 heteroatoms. The Morgan fingerprint density at radius 3 is 2.89 bits per heavy atom. The molecule has 102 valence electrons. The molecule has 1 fully saturated rings. The third-order valence-corrected chi connectivity index (χ3v) is 2.91. The standard InChI is InChI=1S/C13H17N3O3/c17-13(15-10-6-7-10)5-2-8-14-11-3-1-4-12(9-11)16(18)19/h1,3-4,9-10,14H,2,5-8H2,(H,15,17). The third kappa shape index (κ3) is 4.57. The molecule has 0 aliphatic heterocycles. The highest BCUT2D eigenvalue weighted by Crippen LogP contribution is 2.19. The molecule has 1 aliphatic carbocycles. The Morgan fingerprint density at radius 2 is 2.21 bits per heavy atom. The number of carbonyl (C=O) groups excluding carboxylic acids is 1. The Balaban J connectivity index is 1.68. The molecule has 1 aliphatic rings. The molecule has 0 spiro atoms. The minimum atomic E-state index is -0.422. The zero-order chi connectivity index (χ0) is 13.7. The fourth-order valence-electron chi connectivity index (χ4n) is 1.74. The second-order valence-electron chi connectivity index (χ2n) is 4.68. The van der Waals surface area contributed by atoms with E-state index >= 15 is 0 Å². The Hall–Kier alpha value is -2.11. The zero-order valence-electron chi connectivity index (χ0n) is 10.6. The summed E-state index contributed by atoms with van der Waals surface area (Å²) in [5.74, 6) is 0.0864. The Kier molecular flexibility index (Phi) is 4.33. The molecule has 0 atom stereocenters. The molecule has 0 bridgehead atoms. The van der Waals surface area contributed by atoms with E-state index in [-0.39, 0.29) is 11.6 Å². The third-order valence-electron chi connectivity index (χ3n) is 2.91. The van der Waals surface area contributed by atoms with Crippen molar-refractivity contribution in [1.29, 1.82) is 0 Å². The van der Waals surface area contributed by atoms with Crippen LogP contribution < -0.4 is 10.6 Å². The highest BCUT2D eigenvalue weighted by atomic mass is 16.6. The normalized spacial score (nSPS) is 13.9. The highest BCUT2D eigenvalue weighted by Gasteiger charge is 2.22. The zero-order valence-corrected chi connectivity index (χ0v) is 10.6. The van der Waals surface area contributed by atoms with Gasteiger partial charge in [-0.2, -0.15) is 0 Å². The van der Waals surface area contributed by atoms with Crippen molar-refractivity contribution in [3.63, 3.8) is 0 Å². The minimum Gasteiger partial charge on any atom is -0.385 e. The van der Waals surface area contributed by atoms with E-state index in [0.717, 1.165) is 12.8 Å². The van der Waals surface area contributed by atoms with Gasteiger partial charge in [0, 0.05) is 36.8 Å². The number of benzene rings is 1. The first-order valence-corrected chi connectivity index (χ1v) is 6.43. The lowest BCUT2D eigenvalue weighted by Gasteiger charge is -2.06. The van der Waals surface area contributed by atoms with Crippen LogP contribution in [0.3, 0.4) is 0 Å². The number of anilines is 1. The van der Waals surface area contributed by atoms with E-state index in [4.69, 9.17) is 0 Å². The fourth-order valence-corrected chi connectivity index (χ4v) is 1.74. The largest absolute Gasteiger partial charge is 0.385 e. The number of hydrogen-bond donors (Lipinski definition) is 2. The van der Waals surface area contributed by atoms with Crippen LogP contribution in [0.4, 0.5) is 11.4 Å². The van der Waals surface area contributed by atoms with Crippen molar-refractivity contribution < 1.29 is 9.72 Å². The number of carbonyl (C=O) groups is 1. The van der Waals surface area contributed by atoms with E-state index in [1.807, 2.05) is 0 Å². The molecule has 1 aromatic carbocycles. The van der Waals surface area contributed by atoms with E-state index in [1.165, 1.54) is 12.1 Å². The summed E-state index contributed by atoms with van der Waals surface area (Å²) in [5, 5.41) is 16.6. The van der Waals surface area contributed by atoms with Gasteiger partial charge in [-0.15, -0.1) is 0 Å². The van der Waals surface area contributed by atoms with Gasteiger partial charge in [-0.3, -0.25) is 14.9 Å². The lowest BCUT2D eigenvalue weighted by atomic mass is 10.2. The maximum absolute atomic E-state index is 11.4. The van der Waals surface area contributed by atoms with Crippen molar-refractivity contribution >= 4 is 17.3 Å². The quantitative estimate of drug-likeness (QED) is 0.448. The summed E-state index contributed by atoms with van der Waals surface area (Å²) in [6.45, 7) is 0.624. The van der Waals surface area contributed by atoms with Crippen LogP contribution in [0.2, 0.25) is 0 Å². The van der Waals surface area contributed by atoms with E-state index in [9.17, 15) is 14.9 Å². The van der Waals surface area contributed by atoms with Gasteiger partial charge in [0.15, 0.2) is 0 Å². The monoisotopic (exact) mass is 263 g/mol. The molecule has 0 radical (unpaired) electrons. The molecular formula is C13H17N3O3. The number of rotatable bonds is 7. The van der Waals surface area contributed by atoms with Gasteiger partial charge in [0.1, 0.15) is 0 Å². The van der Waals surface area contributed by atoms with E-state index in [1.54, 1.807) is 12.1 Å². The number of nitro benzene ring substituents is 1. The second-order valence-corrected chi connectivity index (χ2v) is 4.68. The predicted octanol–water partition coefficient (Wildman–Crippen LogP) is 2.07. The van der Waals surface area contributed by atoms with Crippen LogP contribution in [0, 0.1) is 10.1 Å². The molecule has 19 heavy (non-hydrogen) atoms. The van der Waals surface area contributed by atoms with Gasteiger partial charge in [0.25, 0.3) is 5.69 Å². The van der Waals surface area contributed by atoms with Crippen molar-refractivity contribution in [2.24, 2.45) is 0 Å². The first-order chi connectivity index (χ1) is 9.15.